The van der Waals surface area contributed by atoms with E-state index in [9.17, 15) is 0 Å². The molecule has 1 aliphatic heterocycles. The van der Waals surface area contributed by atoms with E-state index in [-0.39, 0.29) is 0 Å². The minimum atomic E-state index is 0.605. The number of nitrogens with zero attached hydrogens (tertiary/aromatic N) is 6. The third kappa shape index (κ3) is 2.84. The maximum atomic E-state index is 4.76. The van der Waals surface area contributed by atoms with Crippen molar-refractivity contribution in [3.63, 3.8) is 0 Å². The first-order chi connectivity index (χ1) is 12.8. The number of rotatable bonds is 3. The Bertz CT molecular complexity index is 893. The number of anilines is 1. The molecule has 0 unspecified atom stereocenters. The molecule has 0 amide bonds. The SMILES string of the molecule is c1cncc(Sc2cnc(N3CCC4(CCCC4)CC3)n3ncnc23)c1. The molecule has 0 radical (unpaired) electrons. The first-order valence-corrected chi connectivity index (χ1v) is 10.2. The summed E-state index contributed by atoms with van der Waals surface area (Å²) >= 11 is 1.63. The largest absolute Gasteiger partial charge is 0.341 e. The van der Waals surface area contributed by atoms with Crippen molar-refractivity contribution in [3.05, 3.63) is 37.1 Å². The Morgan fingerprint density at radius 3 is 2.62 bits per heavy atom. The molecular formula is C19H22N6S. The van der Waals surface area contributed by atoms with Crippen LogP contribution in [-0.2, 0) is 0 Å². The molecule has 1 saturated heterocycles. The smallest absolute Gasteiger partial charge is 0.228 e. The Hall–Kier alpha value is -2.15. The Morgan fingerprint density at radius 2 is 1.85 bits per heavy atom. The zero-order valence-corrected chi connectivity index (χ0v) is 15.5. The van der Waals surface area contributed by atoms with Crippen LogP contribution >= 0.6 is 11.8 Å². The Morgan fingerprint density at radius 1 is 1.00 bits per heavy atom. The van der Waals surface area contributed by atoms with Gasteiger partial charge in [0.1, 0.15) is 6.33 Å². The standard InChI is InChI=1S/C19H22N6S/c1-2-6-19(5-1)7-10-24(11-8-19)18-21-13-16(17-22-14-23-25(17)18)26-15-4-3-9-20-12-15/h3-4,9,12-14H,1-2,5-8,10-11H2. The molecule has 0 N–H and O–H groups in total. The monoisotopic (exact) mass is 366 g/mol. The van der Waals surface area contributed by atoms with E-state index in [1.807, 2.05) is 29.0 Å². The van der Waals surface area contributed by atoms with Crippen molar-refractivity contribution in [1.82, 2.24) is 24.6 Å². The second-order valence-corrected chi connectivity index (χ2v) is 8.52. The number of hydrogen-bond acceptors (Lipinski definition) is 6. The highest BCUT2D eigenvalue weighted by Gasteiger charge is 2.37. The van der Waals surface area contributed by atoms with Gasteiger partial charge in [-0.15, -0.1) is 0 Å². The number of fused-ring (bicyclic) bond motifs is 1. The minimum Gasteiger partial charge on any atom is -0.341 e. The van der Waals surface area contributed by atoms with Gasteiger partial charge in [0.05, 0.1) is 4.90 Å². The van der Waals surface area contributed by atoms with Crippen LogP contribution in [0.4, 0.5) is 5.95 Å². The molecule has 3 aromatic heterocycles. The van der Waals surface area contributed by atoms with Crippen LogP contribution in [-0.4, -0.2) is 37.7 Å². The van der Waals surface area contributed by atoms with Gasteiger partial charge in [-0.2, -0.15) is 9.61 Å². The predicted octanol–water partition coefficient (Wildman–Crippen LogP) is 3.83. The number of pyridine rings is 1. The molecule has 3 aromatic rings. The van der Waals surface area contributed by atoms with Gasteiger partial charge in [0, 0.05) is 36.6 Å². The van der Waals surface area contributed by atoms with E-state index in [0.29, 0.717) is 5.41 Å². The van der Waals surface area contributed by atoms with Crippen LogP contribution in [0.2, 0.25) is 0 Å². The molecule has 134 valence electrons. The number of aromatic nitrogens is 5. The molecule has 2 fully saturated rings. The van der Waals surface area contributed by atoms with Gasteiger partial charge in [-0.1, -0.05) is 24.6 Å². The number of hydrogen-bond donors (Lipinski definition) is 0. The van der Waals surface area contributed by atoms with Gasteiger partial charge in [-0.05, 0) is 43.2 Å². The van der Waals surface area contributed by atoms with Crippen LogP contribution in [0.25, 0.3) is 5.65 Å². The summed E-state index contributed by atoms with van der Waals surface area (Å²) in [6.07, 6.45) is 15.4. The molecule has 5 rings (SSSR count). The van der Waals surface area contributed by atoms with Crippen molar-refractivity contribution in [2.45, 2.75) is 48.3 Å². The molecule has 26 heavy (non-hydrogen) atoms. The van der Waals surface area contributed by atoms with Gasteiger partial charge in [0.15, 0.2) is 5.65 Å². The van der Waals surface area contributed by atoms with E-state index in [1.165, 1.54) is 38.5 Å². The summed E-state index contributed by atoms with van der Waals surface area (Å²) in [4.78, 5) is 17.9. The molecule has 0 bridgehead atoms. The molecular weight excluding hydrogens is 344 g/mol. The highest BCUT2D eigenvalue weighted by Crippen LogP contribution is 2.46. The average Bonchev–Trinajstić information content (AvgIpc) is 3.34. The molecule has 7 heteroatoms. The number of piperidine rings is 1. The van der Waals surface area contributed by atoms with Crippen LogP contribution in [0.15, 0.2) is 46.8 Å². The van der Waals surface area contributed by atoms with Gasteiger partial charge in [-0.3, -0.25) is 4.98 Å². The fraction of sp³-hybridized carbons (Fsp3) is 0.474. The zero-order valence-electron chi connectivity index (χ0n) is 14.7. The summed E-state index contributed by atoms with van der Waals surface area (Å²) in [5.41, 5.74) is 1.47. The fourth-order valence-electron chi connectivity index (χ4n) is 4.41. The van der Waals surface area contributed by atoms with Gasteiger partial charge in [0.2, 0.25) is 5.95 Å². The Kier molecular flexibility index (Phi) is 4.04. The van der Waals surface area contributed by atoms with Crippen LogP contribution in [0.5, 0.6) is 0 Å². The van der Waals surface area contributed by atoms with Crippen molar-refractivity contribution in [2.24, 2.45) is 5.41 Å². The summed E-state index contributed by atoms with van der Waals surface area (Å²) in [7, 11) is 0. The van der Waals surface area contributed by atoms with E-state index in [1.54, 1.807) is 24.3 Å². The molecule has 0 aromatic carbocycles. The molecule has 1 aliphatic carbocycles. The summed E-state index contributed by atoms with van der Waals surface area (Å²) in [6.45, 7) is 2.13. The van der Waals surface area contributed by atoms with Crippen LogP contribution in [0.1, 0.15) is 38.5 Å². The maximum Gasteiger partial charge on any atom is 0.228 e. The quantitative estimate of drug-likeness (QED) is 0.702. The third-order valence-electron chi connectivity index (χ3n) is 5.89. The van der Waals surface area contributed by atoms with Crippen LogP contribution in [0.3, 0.4) is 0 Å². The lowest BCUT2D eigenvalue weighted by molar-refractivity contribution is 0.225. The van der Waals surface area contributed by atoms with E-state index in [0.717, 1.165) is 34.5 Å². The van der Waals surface area contributed by atoms with E-state index >= 15 is 0 Å². The highest BCUT2D eigenvalue weighted by molar-refractivity contribution is 7.99. The van der Waals surface area contributed by atoms with Gasteiger partial charge < -0.3 is 4.90 Å². The van der Waals surface area contributed by atoms with Crippen molar-refractivity contribution in [3.8, 4) is 0 Å². The van der Waals surface area contributed by atoms with Crippen molar-refractivity contribution < 1.29 is 0 Å². The first kappa shape index (κ1) is 16.1. The minimum absolute atomic E-state index is 0.605. The second-order valence-electron chi connectivity index (χ2n) is 7.40. The molecule has 1 saturated carbocycles. The second kappa shape index (κ2) is 6.54. The molecule has 1 spiro atoms. The molecule has 2 aliphatic rings. The van der Waals surface area contributed by atoms with E-state index in [4.69, 9.17) is 4.98 Å². The van der Waals surface area contributed by atoms with Crippen molar-refractivity contribution >= 4 is 23.4 Å². The lowest BCUT2D eigenvalue weighted by Gasteiger charge is -2.39. The van der Waals surface area contributed by atoms with Crippen molar-refractivity contribution in [1.29, 1.82) is 0 Å². The lowest BCUT2D eigenvalue weighted by atomic mass is 9.77. The van der Waals surface area contributed by atoms with Crippen LogP contribution in [0, 0.1) is 5.41 Å². The molecule has 4 heterocycles. The topological polar surface area (TPSA) is 59.2 Å². The van der Waals surface area contributed by atoms with Crippen LogP contribution < -0.4 is 4.90 Å². The first-order valence-electron chi connectivity index (χ1n) is 9.35. The summed E-state index contributed by atoms with van der Waals surface area (Å²) < 4.78 is 1.89. The summed E-state index contributed by atoms with van der Waals surface area (Å²) in [5, 5.41) is 4.46. The van der Waals surface area contributed by atoms with E-state index in [2.05, 4.69) is 20.0 Å². The average molecular weight is 366 g/mol. The van der Waals surface area contributed by atoms with E-state index < -0.39 is 0 Å². The lowest BCUT2D eigenvalue weighted by Crippen LogP contribution is -2.40. The molecule has 0 atom stereocenters. The maximum absolute atomic E-state index is 4.76. The zero-order chi connectivity index (χ0) is 17.4. The Balaban J connectivity index is 1.41. The van der Waals surface area contributed by atoms with Gasteiger partial charge in [0.25, 0.3) is 0 Å². The van der Waals surface area contributed by atoms with Gasteiger partial charge in [-0.25, -0.2) is 9.97 Å². The van der Waals surface area contributed by atoms with Gasteiger partial charge >= 0.3 is 0 Å². The fourth-order valence-corrected chi connectivity index (χ4v) is 5.26. The predicted molar refractivity (Wildman–Crippen MR) is 101 cm³/mol. The summed E-state index contributed by atoms with van der Waals surface area (Å²) in [5.74, 6) is 0.917. The molecule has 6 nitrogen and oxygen atoms in total. The van der Waals surface area contributed by atoms with Crippen molar-refractivity contribution in [2.75, 3.05) is 18.0 Å². The Labute approximate surface area is 157 Å². The normalized spacial score (nSPS) is 19.5. The highest BCUT2D eigenvalue weighted by atomic mass is 32.2. The summed E-state index contributed by atoms with van der Waals surface area (Å²) in [6, 6.07) is 3.99. The third-order valence-corrected chi connectivity index (χ3v) is 6.87.